The second-order valence-electron chi connectivity index (χ2n) is 6.02. The third-order valence-corrected chi connectivity index (χ3v) is 4.51. The highest BCUT2D eigenvalue weighted by atomic mass is 16.3. The Hall–Kier alpha value is -2.91. The summed E-state index contributed by atoms with van der Waals surface area (Å²) >= 11 is 0. The molecule has 0 fully saturated rings. The van der Waals surface area contributed by atoms with E-state index in [4.69, 9.17) is 0 Å². The van der Waals surface area contributed by atoms with Crippen LogP contribution < -0.4 is 5.32 Å². The highest BCUT2D eigenvalue weighted by Crippen LogP contribution is 2.39. The van der Waals surface area contributed by atoms with Crippen LogP contribution in [0.4, 0.5) is 0 Å². The summed E-state index contributed by atoms with van der Waals surface area (Å²) in [6.45, 7) is 1.96. The van der Waals surface area contributed by atoms with Gasteiger partial charge in [-0.2, -0.15) is 0 Å². The molecule has 3 aromatic carbocycles. The molecule has 1 amide bonds. The molecule has 0 radical (unpaired) electrons. The molecule has 1 unspecified atom stereocenters. The lowest BCUT2D eigenvalue weighted by molar-refractivity contribution is 0.0939. The number of hydrogen-bond donors (Lipinski definition) is 2. The first kappa shape index (κ1) is 16.9. The van der Waals surface area contributed by atoms with Crippen LogP contribution in [0.3, 0.4) is 0 Å². The maximum Gasteiger partial charge on any atom is 0.251 e. The average molecular weight is 331 g/mol. The third kappa shape index (κ3) is 2.94. The second kappa shape index (κ2) is 6.91. The van der Waals surface area contributed by atoms with Crippen LogP contribution in [0.25, 0.3) is 0 Å². The highest BCUT2D eigenvalue weighted by Gasteiger charge is 2.37. The van der Waals surface area contributed by atoms with Gasteiger partial charge in [0.05, 0.1) is 0 Å². The smallest absolute Gasteiger partial charge is 0.251 e. The Balaban J connectivity index is 2.35. The van der Waals surface area contributed by atoms with E-state index in [-0.39, 0.29) is 5.91 Å². The zero-order valence-corrected chi connectivity index (χ0v) is 14.4. The number of aliphatic hydroxyl groups is 1. The van der Waals surface area contributed by atoms with Crippen LogP contribution in [0.2, 0.25) is 0 Å². The lowest BCUT2D eigenvalue weighted by Gasteiger charge is -2.32. The van der Waals surface area contributed by atoms with Gasteiger partial charge in [0.2, 0.25) is 0 Å². The van der Waals surface area contributed by atoms with Crippen molar-refractivity contribution in [3.63, 3.8) is 0 Å². The lowest BCUT2D eigenvalue weighted by Crippen LogP contribution is -2.33. The average Bonchev–Trinajstić information content (AvgIpc) is 2.68. The number of nitrogens with one attached hydrogen (secondary N) is 1. The zero-order valence-electron chi connectivity index (χ0n) is 14.4. The number of carbonyl (C=O) groups excluding carboxylic acids is 1. The first-order valence-electron chi connectivity index (χ1n) is 8.24. The number of amides is 1. The molecule has 0 saturated carbocycles. The van der Waals surface area contributed by atoms with E-state index in [0.717, 1.165) is 16.7 Å². The number of benzene rings is 3. The Labute approximate surface area is 148 Å². The van der Waals surface area contributed by atoms with Crippen LogP contribution in [0, 0.1) is 6.92 Å². The van der Waals surface area contributed by atoms with Gasteiger partial charge in [-0.1, -0.05) is 72.8 Å². The maximum atomic E-state index is 12.4. The number of rotatable bonds is 4. The Morgan fingerprint density at radius 2 is 1.40 bits per heavy atom. The number of aryl methyl sites for hydroxylation is 1. The van der Waals surface area contributed by atoms with E-state index in [1.165, 1.54) is 0 Å². The molecular formula is C22H21NO2. The molecule has 1 atom stereocenters. The molecule has 0 spiro atoms. The van der Waals surface area contributed by atoms with E-state index in [1.807, 2.05) is 73.7 Å². The van der Waals surface area contributed by atoms with Crippen molar-refractivity contribution in [1.82, 2.24) is 5.32 Å². The monoisotopic (exact) mass is 331 g/mol. The van der Waals surface area contributed by atoms with Gasteiger partial charge in [0.15, 0.2) is 0 Å². The van der Waals surface area contributed by atoms with Crippen LogP contribution >= 0.6 is 0 Å². The molecule has 2 N–H and O–H groups in total. The van der Waals surface area contributed by atoms with Crippen LogP contribution in [-0.2, 0) is 5.60 Å². The van der Waals surface area contributed by atoms with Crippen LogP contribution in [0.5, 0.6) is 0 Å². The SMILES string of the molecule is CNC(=O)c1ccccc1C(O)(c1ccccc1)c1ccccc1C. The molecule has 25 heavy (non-hydrogen) atoms. The molecule has 3 rings (SSSR count). The first-order valence-corrected chi connectivity index (χ1v) is 8.24. The van der Waals surface area contributed by atoms with Gasteiger partial charge in [-0.3, -0.25) is 4.79 Å². The van der Waals surface area contributed by atoms with Crippen molar-refractivity contribution in [2.24, 2.45) is 0 Å². The lowest BCUT2D eigenvalue weighted by atomic mass is 9.76. The summed E-state index contributed by atoms with van der Waals surface area (Å²) in [7, 11) is 1.59. The van der Waals surface area contributed by atoms with Gasteiger partial charge < -0.3 is 10.4 Å². The van der Waals surface area contributed by atoms with E-state index < -0.39 is 5.60 Å². The minimum absolute atomic E-state index is 0.224. The summed E-state index contributed by atoms with van der Waals surface area (Å²) in [5, 5.41) is 14.6. The predicted molar refractivity (Wildman–Crippen MR) is 99.6 cm³/mol. The van der Waals surface area contributed by atoms with Crippen molar-refractivity contribution in [3.8, 4) is 0 Å². The maximum absolute atomic E-state index is 12.4. The molecule has 0 aliphatic heterocycles. The zero-order chi connectivity index (χ0) is 17.9. The molecule has 3 nitrogen and oxygen atoms in total. The quantitative estimate of drug-likeness (QED) is 0.717. The molecule has 0 aromatic heterocycles. The Morgan fingerprint density at radius 1 is 0.840 bits per heavy atom. The van der Waals surface area contributed by atoms with Crippen molar-refractivity contribution in [2.45, 2.75) is 12.5 Å². The minimum Gasteiger partial charge on any atom is -0.376 e. The largest absolute Gasteiger partial charge is 0.376 e. The van der Waals surface area contributed by atoms with Crippen molar-refractivity contribution in [2.75, 3.05) is 7.05 Å². The fourth-order valence-electron chi connectivity index (χ4n) is 3.25. The fraction of sp³-hybridized carbons (Fsp3) is 0.136. The van der Waals surface area contributed by atoms with Gasteiger partial charge in [-0.05, 0) is 29.7 Å². The highest BCUT2D eigenvalue weighted by molar-refractivity contribution is 5.96. The van der Waals surface area contributed by atoms with Crippen LogP contribution in [-0.4, -0.2) is 18.1 Å². The summed E-state index contributed by atoms with van der Waals surface area (Å²) < 4.78 is 0. The van der Waals surface area contributed by atoms with Gasteiger partial charge in [0.25, 0.3) is 5.91 Å². The third-order valence-electron chi connectivity index (χ3n) is 4.51. The molecular weight excluding hydrogens is 310 g/mol. The Bertz CT molecular complexity index is 889. The van der Waals surface area contributed by atoms with Gasteiger partial charge in [-0.25, -0.2) is 0 Å². The molecule has 0 aliphatic rings. The Morgan fingerprint density at radius 3 is 2.04 bits per heavy atom. The van der Waals surface area contributed by atoms with E-state index in [9.17, 15) is 9.90 Å². The first-order chi connectivity index (χ1) is 12.1. The normalized spacial score (nSPS) is 13.1. The van der Waals surface area contributed by atoms with Crippen molar-refractivity contribution >= 4 is 5.91 Å². The fourth-order valence-corrected chi connectivity index (χ4v) is 3.25. The topological polar surface area (TPSA) is 49.3 Å². The van der Waals surface area contributed by atoms with E-state index >= 15 is 0 Å². The summed E-state index contributed by atoms with van der Waals surface area (Å²) in [5.74, 6) is -0.224. The van der Waals surface area contributed by atoms with Gasteiger partial charge in [-0.15, -0.1) is 0 Å². The summed E-state index contributed by atoms with van der Waals surface area (Å²) in [6, 6.07) is 24.4. The van der Waals surface area contributed by atoms with E-state index in [2.05, 4.69) is 5.32 Å². The predicted octanol–water partition coefficient (Wildman–Crippen LogP) is 3.64. The van der Waals surface area contributed by atoms with Crippen molar-refractivity contribution in [1.29, 1.82) is 0 Å². The van der Waals surface area contributed by atoms with Gasteiger partial charge in [0.1, 0.15) is 5.60 Å². The summed E-state index contributed by atoms with van der Waals surface area (Å²) in [4.78, 5) is 12.4. The van der Waals surface area contributed by atoms with Gasteiger partial charge >= 0.3 is 0 Å². The second-order valence-corrected chi connectivity index (χ2v) is 6.02. The molecule has 126 valence electrons. The summed E-state index contributed by atoms with van der Waals surface area (Å²) in [5.41, 5.74) is 2.05. The van der Waals surface area contributed by atoms with E-state index in [1.54, 1.807) is 19.2 Å². The van der Waals surface area contributed by atoms with Gasteiger partial charge in [0, 0.05) is 18.2 Å². The number of carbonyl (C=O) groups is 1. The minimum atomic E-state index is -1.42. The molecule has 0 aliphatic carbocycles. The van der Waals surface area contributed by atoms with Crippen molar-refractivity contribution in [3.05, 3.63) is 107 Å². The molecule has 0 saturated heterocycles. The summed E-state index contributed by atoms with van der Waals surface area (Å²) in [6.07, 6.45) is 0. The van der Waals surface area contributed by atoms with E-state index in [0.29, 0.717) is 11.1 Å². The standard InChI is InChI=1S/C22H21NO2/c1-16-10-6-8-14-19(16)22(25,17-11-4-3-5-12-17)20-15-9-7-13-18(20)21(24)23-2/h3-15,25H,1-2H3,(H,23,24). The molecule has 0 bridgehead atoms. The van der Waals surface area contributed by atoms with Crippen LogP contribution in [0.1, 0.15) is 32.6 Å². The number of hydrogen-bond acceptors (Lipinski definition) is 2. The molecule has 3 aromatic rings. The van der Waals surface area contributed by atoms with Crippen LogP contribution in [0.15, 0.2) is 78.9 Å². The molecule has 3 heteroatoms. The van der Waals surface area contributed by atoms with Crippen molar-refractivity contribution < 1.29 is 9.90 Å². The Kier molecular flexibility index (Phi) is 4.68. The molecule has 0 heterocycles.